The third-order valence-corrected chi connectivity index (χ3v) is 2.59. The van der Waals surface area contributed by atoms with E-state index in [1.165, 1.54) is 0 Å². The number of halogens is 3. The fourth-order valence-electron chi connectivity index (χ4n) is 0.316. The van der Waals surface area contributed by atoms with E-state index in [-0.39, 0.29) is 0 Å². The molecule has 0 aromatic rings. The molecule has 0 fully saturated rings. The minimum atomic E-state index is -5.80. The molecule has 11 heteroatoms. The molecule has 86 valence electrons. The Hall–Kier alpha value is -0.390. The van der Waals surface area contributed by atoms with E-state index in [1.54, 1.807) is 0 Å². The fraction of sp³-hybridized carbons (Fsp3) is 1.00. The number of hydrogen-bond donors (Lipinski definition) is 1. The Balaban J connectivity index is 4.31. The summed E-state index contributed by atoms with van der Waals surface area (Å²) in [6.45, 7) is -1.29. The van der Waals surface area contributed by atoms with Crippen LogP contribution in [0.15, 0.2) is 0 Å². The SMILES string of the molecule is O=S(=O)(O)CCOS(=O)(=O)C(F)(F)F. The molecule has 0 aromatic heterocycles. The molecule has 0 aromatic carbocycles. The molecule has 0 spiro atoms. The summed E-state index contributed by atoms with van der Waals surface area (Å²) in [5, 5.41) is 0. The van der Waals surface area contributed by atoms with E-state index < -0.39 is 38.1 Å². The third-order valence-electron chi connectivity index (χ3n) is 0.863. The summed E-state index contributed by atoms with van der Waals surface area (Å²) in [5.74, 6) is -1.23. The monoisotopic (exact) mass is 258 g/mol. The van der Waals surface area contributed by atoms with Gasteiger partial charge in [-0.2, -0.15) is 30.0 Å². The summed E-state index contributed by atoms with van der Waals surface area (Å²) in [6.07, 6.45) is 0. The van der Waals surface area contributed by atoms with Crippen molar-refractivity contribution in [3.05, 3.63) is 0 Å². The third kappa shape index (κ3) is 4.74. The van der Waals surface area contributed by atoms with Crippen LogP contribution in [-0.2, 0) is 24.4 Å². The first-order valence-corrected chi connectivity index (χ1v) is 5.88. The van der Waals surface area contributed by atoms with Crippen molar-refractivity contribution in [2.45, 2.75) is 5.51 Å². The van der Waals surface area contributed by atoms with Crippen molar-refractivity contribution in [3.63, 3.8) is 0 Å². The maximum atomic E-state index is 11.5. The summed E-state index contributed by atoms with van der Waals surface area (Å²) in [7, 11) is -10.3. The predicted octanol–water partition coefficient (Wildman–Crippen LogP) is -0.260. The predicted molar refractivity (Wildman–Crippen MR) is 37.3 cm³/mol. The van der Waals surface area contributed by atoms with Gasteiger partial charge in [0, 0.05) is 0 Å². The quantitative estimate of drug-likeness (QED) is 0.424. The van der Waals surface area contributed by atoms with Crippen LogP contribution < -0.4 is 0 Å². The molecular formula is C3H5F3O6S2. The van der Waals surface area contributed by atoms with Crippen LogP contribution in [0.3, 0.4) is 0 Å². The van der Waals surface area contributed by atoms with Crippen molar-refractivity contribution in [1.29, 1.82) is 0 Å². The number of hydrogen-bond acceptors (Lipinski definition) is 5. The Morgan fingerprint density at radius 3 is 1.86 bits per heavy atom. The van der Waals surface area contributed by atoms with Crippen LogP contribution in [-0.4, -0.2) is 39.3 Å². The maximum absolute atomic E-state index is 11.5. The lowest BCUT2D eigenvalue weighted by Gasteiger charge is -2.06. The van der Waals surface area contributed by atoms with Gasteiger partial charge >= 0.3 is 15.6 Å². The Morgan fingerprint density at radius 1 is 1.14 bits per heavy atom. The van der Waals surface area contributed by atoms with Crippen LogP contribution in [0.5, 0.6) is 0 Å². The van der Waals surface area contributed by atoms with Gasteiger partial charge in [-0.25, -0.2) is 0 Å². The van der Waals surface area contributed by atoms with Gasteiger partial charge in [0.05, 0.1) is 6.61 Å². The molecule has 0 amide bonds. The van der Waals surface area contributed by atoms with E-state index in [9.17, 15) is 30.0 Å². The molecule has 0 radical (unpaired) electrons. The standard InChI is InChI=1S/C3H5F3O6S2/c4-3(5,6)14(10,11)12-1-2-13(7,8)9/h1-2H2,(H,7,8,9). The Bertz CT molecular complexity index is 377. The second-order valence-electron chi connectivity index (χ2n) is 2.01. The van der Waals surface area contributed by atoms with Gasteiger partial charge in [0.25, 0.3) is 10.1 Å². The van der Waals surface area contributed by atoms with Gasteiger partial charge in [0.2, 0.25) is 0 Å². The summed E-state index contributed by atoms with van der Waals surface area (Å²) < 4.78 is 86.1. The van der Waals surface area contributed by atoms with Gasteiger partial charge < -0.3 is 0 Å². The van der Waals surface area contributed by atoms with E-state index in [4.69, 9.17) is 4.55 Å². The van der Waals surface area contributed by atoms with Crippen LogP contribution >= 0.6 is 0 Å². The summed E-state index contributed by atoms with van der Waals surface area (Å²) in [5.41, 5.74) is -5.60. The van der Waals surface area contributed by atoms with Crippen molar-refractivity contribution >= 4 is 20.2 Å². The topological polar surface area (TPSA) is 97.7 Å². The van der Waals surface area contributed by atoms with Gasteiger partial charge in [-0.1, -0.05) is 0 Å². The smallest absolute Gasteiger partial charge is 0.285 e. The minimum absolute atomic E-state index is 1.23. The molecule has 0 atom stereocenters. The van der Waals surface area contributed by atoms with E-state index >= 15 is 0 Å². The summed E-state index contributed by atoms with van der Waals surface area (Å²) >= 11 is 0. The van der Waals surface area contributed by atoms with Crippen molar-refractivity contribution in [2.24, 2.45) is 0 Å². The first-order valence-electron chi connectivity index (χ1n) is 2.86. The van der Waals surface area contributed by atoms with Crippen molar-refractivity contribution in [2.75, 3.05) is 12.4 Å². The van der Waals surface area contributed by atoms with Crippen molar-refractivity contribution in [1.82, 2.24) is 0 Å². The summed E-state index contributed by atoms with van der Waals surface area (Å²) in [6, 6.07) is 0. The van der Waals surface area contributed by atoms with E-state index in [2.05, 4.69) is 4.18 Å². The first kappa shape index (κ1) is 13.6. The van der Waals surface area contributed by atoms with Crippen molar-refractivity contribution < 1.29 is 38.7 Å². The molecule has 0 aliphatic carbocycles. The molecule has 6 nitrogen and oxygen atoms in total. The van der Waals surface area contributed by atoms with E-state index in [1.807, 2.05) is 0 Å². The summed E-state index contributed by atoms with van der Waals surface area (Å²) in [4.78, 5) is 0. The molecule has 0 aliphatic rings. The van der Waals surface area contributed by atoms with Crippen LogP contribution in [0.25, 0.3) is 0 Å². The molecule has 0 saturated carbocycles. The highest BCUT2D eigenvalue weighted by Crippen LogP contribution is 2.24. The van der Waals surface area contributed by atoms with E-state index in [0.717, 1.165) is 0 Å². The zero-order valence-corrected chi connectivity index (χ0v) is 7.99. The average Bonchev–Trinajstić information content (AvgIpc) is 1.80. The second kappa shape index (κ2) is 4.00. The maximum Gasteiger partial charge on any atom is 0.523 e. The van der Waals surface area contributed by atoms with Gasteiger partial charge in [0.15, 0.2) is 0 Å². The van der Waals surface area contributed by atoms with E-state index in [0.29, 0.717) is 0 Å². The number of rotatable bonds is 4. The van der Waals surface area contributed by atoms with Gasteiger partial charge in [-0.05, 0) is 0 Å². The zero-order valence-electron chi connectivity index (χ0n) is 6.35. The molecule has 14 heavy (non-hydrogen) atoms. The fourth-order valence-corrected chi connectivity index (χ4v) is 1.15. The molecule has 0 bridgehead atoms. The van der Waals surface area contributed by atoms with Crippen LogP contribution in [0.2, 0.25) is 0 Å². The zero-order chi connectivity index (χ0) is 11.6. The average molecular weight is 258 g/mol. The Labute approximate surface area is 77.5 Å². The van der Waals surface area contributed by atoms with Gasteiger partial charge in [-0.15, -0.1) is 0 Å². The molecule has 0 rings (SSSR count). The highest BCUT2D eigenvalue weighted by Gasteiger charge is 2.47. The first-order chi connectivity index (χ1) is 5.96. The van der Waals surface area contributed by atoms with Crippen LogP contribution in [0, 0.1) is 0 Å². The molecule has 0 saturated heterocycles. The van der Waals surface area contributed by atoms with Gasteiger partial charge in [0.1, 0.15) is 5.75 Å². The minimum Gasteiger partial charge on any atom is -0.285 e. The lowest BCUT2D eigenvalue weighted by molar-refractivity contribution is -0.0538. The largest absolute Gasteiger partial charge is 0.523 e. The molecular weight excluding hydrogens is 253 g/mol. The molecule has 0 unspecified atom stereocenters. The Kier molecular flexibility index (Phi) is 3.89. The normalized spacial score (nSPS) is 14.3. The van der Waals surface area contributed by atoms with Crippen LogP contribution in [0.1, 0.15) is 0 Å². The highest BCUT2D eigenvalue weighted by molar-refractivity contribution is 7.87. The van der Waals surface area contributed by atoms with Gasteiger partial charge in [-0.3, -0.25) is 8.74 Å². The second-order valence-corrected chi connectivity index (χ2v) is 5.19. The molecule has 1 N–H and O–H groups in total. The van der Waals surface area contributed by atoms with Crippen LogP contribution in [0.4, 0.5) is 13.2 Å². The van der Waals surface area contributed by atoms with Crippen molar-refractivity contribution in [3.8, 4) is 0 Å². The molecule has 0 heterocycles. The lowest BCUT2D eigenvalue weighted by atomic mass is 10.9. The lowest BCUT2D eigenvalue weighted by Crippen LogP contribution is -2.27. The Morgan fingerprint density at radius 2 is 1.57 bits per heavy atom. The molecule has 0 aliphatic heterocycles. The highest BCUT2D eigenvalue weighted by atomic mass is 32.2. The number of alkyl halides is 3.